The number of amides is 1. The number of nitrogens with one attached hydrogen (secondary N) is 1. The first kappa shape index (κ1) is 19.5. The van der Waals surface area contributed by atoms with Crippen LogP contribution in [-0.4, -0.2) is 22.0 Å². The molecule has 0 spiro atoms. The monoisotopic (exact) mass is 419 g/mol. The fourth-order valence-electron chi connectivity index (χ4n) is 7.70. The highest BCUT2D eigenvalue weighted by Gasteiger charge is 2.50. The highest BCUT2D eigenvalue weighted by atomic mass is 16.1. The quantitative estimate of drug-likeness (QED) is 0.796. The molecule has 1 amide bonds. The zero-order chi connectivity index (χ0) is 21.0. The number of hydrogen-bond acceptors (Lipinski definition) is 3. The van der Waals surface area contributed by atoms with Crippen LogP contribution in [0.2, 0.25) is 0 Å². The average Bonchev–Trinajstić information content (AvgIpc) is 2.98. The predicted octanol–water partition coefficient (Wildman–Crippen LogP) is 4.46. The largest absolute Gasteiger partial charge is 0.352 e. The Morgan fingerprint density at radius 3 is 2.55 bits per heavy atom. The number of benzene rings is 1. The topological polar surface area (TPSA) is 64.0 Å². The highest BCUT2D eigenvalue weighted by molar-refractivity contribution is 5.97. The van der Waals surface area contributed by atoms with Crippen LogP contribution in [0.3, 0.4) is 0 Å². The summed E-state index contributed by atoms with van der Waals surface area (Å²) >= 11 is 0. The van der Waals surface area contributed by atoms with Crippen molar-refractivity contribution in [1.82, 2.24) is 14.9 Å². The summed E-state index contributed by atoms with van der Waals surface area (Å²) in [5.74, 6) is 3.67. The molecule has 1 aromatic heterocycles. The van der Waals surface area contributed by atoms with Gasteiger partial charge in [-0.2, -0.15) is 0 Å². The molecule has 4 aliphatic carbocycles. The lowest BCUT2D eigenvalue weighted by molar-refractivity contribution is -0.0564. The molecule has 2 heterocycles. The Kier molecular flexibility index (Phi) is 4.69. The Morgan fingerprint density at radius 2 is 1.81 bits per heavy atom. The van der Waals surface area contributed by atoms with Crippen LogP contribution >= 0.6 is 0 Å². The Bertz CT molecular complexity index is 1050. The first-order valence-electron chi connectivity index (χ1n) is 12.4. The number of hydrogen-bond donors (Lipinski definition) is 1. The lowest BCUT2D eigenvalue weighted by Gasteiger charge is -2.57. The van der Waals surface area contributed by atoms with Crippen molar-refractivity contribution in [1.29, 1.82) is 0 Å². The highest BCUT2D eigenvalue weighted by Crippen LogP contribution is 2.61. The summed E-state index contributed by atoms with van der Waals surface area (Å²) in [6.45, 7) is 1.51. The molecule has 0 atom stereocenters. The van der Waals surface area contributed by atoms with Gasteiger partial charge in [-0.25, -0.2) is 4.98 Å². The van der Waals surface area contributed by atoms with Crippen molar-refractivity contribution in [2.75, 3.05) is 6.54 Å². The van der Waals surface area contributed by atoms with Gasteiger partial charge in [0.1, 0.15) is 5.82 Å². The van der Waals surface area contributed by atoms with Crippen molar-refractivity contribution in [3.63, 3.8) is 0 Å². The molecule has 4 bridgehead atoms. The average molecular weight is 420 g/mol. The zero-order valence-corrected chi connectivity index (χ0v) is 18.4. The number of rotatable bonds is 4. The molecule has 0 radical (unpaired) electrons. The second kappa shape index (κ2) is 7.46. The van der Waals surface area contributed by atoms with Crippen molar-refractivity contribution in [2.45, 2.75) is 77.2 Å². The summed E-state index contributed by atoms with van der Waals surface area (Å²) in [7, 11) is 0. The second-order valence-electron chi connectivity index (χ2n) is 11.0. The molecule has 1 aromatic carbocycles. The van der Waals surface area contributed by atoms with E-state index in [2.05, 4.69) is 5.32 Å². The molecule has 1 N–H and O–H groups in total. The van der Waals surface area contributed by atoms with Gasteiger partial charge in [-0.05, 0) is 99.2 Å². The van der Waals surface area contributed by atoms with E-state index in [-0.39, 0.29) is 11.5 Å². The maximum Gasteiger partial charge on any atom is 0.261 e. The lowest BCUT2D eigenvalue weighted by atomic mass is 9.49. The van der Waals surface area contributed by atoms with Crippen LogP contribution in [-0.2, 0) is 13.0 Å². The standard InChI is InChI=1S/C26H33N3O2/c30-24(27-8-7-26-14-17-10-18(15-26)12-19(11-17)16-26)20-5-6-21-22(13-20)28-23-4-2-1-3-9-29(23)25(21)31/h5-6,13,17-19H,1-4,7-12,14-16H2,(H,27,30). The molecule has 4 fully saturated rings. The van der Waals surface area contributed by atoms with Crippen molar-refractivity contribution >= 4 is 16.8 Å². The third-order valence-electron chi connectivity index (χ3n) is 8.68. The van der Waals surface area contributed by atoms with Gasteiger partial charge in [-0.3, -0.25) is 14.2 Å². The smallest absolute Gasteiger partial charge is 0.261 e. The van der Waals surface area contributed by atoms with Crippen molar-refractivity contribution in [3.05, 3.63) is 39.9 Å². The Hall–Kier alpha value is -2.17. The number of aryl methyl sites for hydroxylation is 1. The summed E-state index contributed by atoms with van der Waals surface area (Å²) in [5, 5.41) is 3.80. The molecule has 0 unspecified atom stereocenters. The van der Waals surface area contributed by atoms with E-state index in [9.17, 15) is 9.59 Å². The van der Waals surface area contributed by atoms with Crippen LogP contribution in [0, 0.1) is 23.2 Å². The zero-order valence-electron chi connectivity index (χ0n) is 18.4. The van der Waals surface area contributed by atoms with Crippen LogP contribution in [0.4, 0.5) is 0 Å². The van der Waals surface area contributed by atoms with E-state index in [4.69, 9.17) is 4.98 Å². The van der Waals surface area contributed by atoms with E-state index in [1.165, 1.54) is 38.5 Å². The third-order valence-corrected chi connectivity index (χ3v) is 8.68. The molecule has 5 heteroatoms. The Morgan fingerprint density at radius 1 is 1.06 bits per heavy atom. The fourth-order valence-corrected chi connectivity index (χ4v) is 7.70. The minimum Gasteiger partial charge on any atom is -0.352 e. The van der Waals surface area contributed by atoms with Gasteiger partial charge in [0.05, 0.1) is 10.9 Å². The maximum absolute atomic E-state index is 12.9. The summed E-state index contributed by atoms with van der Waals surface area (Å²) < 4.78 is 1.83. The van der Waals surface area contributed by atoms with E-state index in [0.29, 0.717) is 21.9 Å². The number of carbonyl (C=O) groups is 1. The van der Waals surface area contributed by atoms with Gasteiger partial charge >= 0.3 is 0 Å². The second-order valence-corrected chi connectivity index (χ2v) is 11.0. The fraction of sp³-hybridized carbons (Fsp3) is 0.654. The van der Waals surface area contributed by atoms with Gasteiger partial charge in [0, 0.05) is 25.1 Å². The summed E-state index contributed by atoms with van der Waals surface area (Å²) in [4.78, 5) is 30.6. The minimum atomic E-state index is -0.0385. The van der Waals surface area contributed by atoms with Gasteiger partial charge < -0.3 is 5.32 Å². The number of nitrogens with zero attached hydrogens (tertiary/aromatic N) is 2. The SMILES string of the molecule is O=C(NCCC12CC3CC(CC(C3)C1)C2)c1ccc2c(=O)n3c(nc2c1)CCCCC3. The predicted molar refractivity (Wildman–Crippen MR) is 121 cm³/mol. The summed E-state index contributed by atoms with van der Waals surface area (Å²) in [6.07, 6.45) is 13.7. The molecular formula is C26H33N3O2. The first-order valence-corrected chi connectivity index (χ1v) is 12.4. The van der Waals surface area contributed by atoms with Crippen LogP contribution in [0.15, 0.2) is 23.0 Å². The van der Waals surface area contributed by atoms with Crippen molar-refractivity contribution in [2.24, 2.45) is 23.2 Å². The first-order chi connectivity index (χ1) is 15.1. The van der Waals surface area contributed by atoms with E-state index < -0.39 is 0 Å². The molecule has 5 aliphatic rings. The molecule has 1 aliphatic heterocycles. The minimum absolute atomic E-state index is 0.0377. The van der Waals surface area contributed by atoms with E-state index in [1.54, 1.807) is 12.1 Å². The third kappa shape index (κ3) is 3.50. The molecule has 2 aromatic rings. The van der Waals surface area contributed by atoms with E-state index in [0.717, 1.165) is 68.8 Å². The number of fused-ring (bicyclic) bond motifs is 2. The van der Waals surface area contributed by atoms with Gasteiger partial charge in [0.25, 0.3) is 11.5 Å². The molecule has 5 nitrogen and oxygen atoms in total. The van der Waals surface area contributed by atoms with Crippen LogP contribution in [0.5, 0.6) is 0 Å². The molecule has 7 rings (SSSR count). The molecular weight excluding hydrogens is 386 g/mol. The van der Waals surface area contributed by atoms with Crippen LogP contribution < -0.4 is 10.9 Å². The number of carbonyl (C=O) groups excluding carboxylic acids is 1. The van der Waals surface area contributed by atoms with E-state index in [1.807, 2.05) is 10.6 Å². The van der Waals surface area contributed by atoms with Crippen molar-refractivity contribution in [3.8, 4) is 0 Å². The molecule has 0 saturated heterocycles. The summed E-state index contributed by atoms with van der Waals surface area (Å²) in [6, 6.07) is 5.38. The van der Waals surface area contributed by atoms with Crippen LogP contribution in [0.1, 0.15) is 80.4 Å². The van der Waals surface area contributed by atoms with Gasteiger partial charge in [0.2, 0.25) is 0 Å². The summed E-state index contributed by atoms with van der Waals surface area (Å²) in [5.41, 5.74) is 1.80. The Balaban J connectivity index is 1.17. The molecule has 31 heavy (non-hydrogen) atoms. The van der Waals surface area contributed by atoms with Gasteiger partial charge in [0.15, 0.2) is 0 Å². The maximum atomic E-state index is 12.9. The van der Waals surface area contributed by atoms with E-state index >= 15 is 0 Å². The van der Waals surface area contributed by atoms with Gasteiger partial charge in [-0.15, -0.1) is 0 Å². The van der Waals surface area contributed by atoms with Crippen LogP contribution in [0.25, 0.3) is 10.9 Å². The lowest BCUT2D eigenvalue weighted by Crippen LogP contribution is -2.47. The number of aromatic nitrogens is 2. The Labute approximate surface area is 183 Å². The molecule has 4 saturated carbocycles. The van der Waals surface area contributed by atoms with Crippen molar-refractivity contribution < 1.29 is 4.79 Å². The molecule has 164 valence electrons. The normalized spacial score (nSPS) is 31.4. The van der Waals surface area contributed by atoms with Gasteiger partial charge in [-0.1, -0.05) is 6.42 Å².